The molecule has 0 bridgehead atoms. The van der Waals surface area contributed by atoms with Gasteiger partial charge in [-0.3, -0.25) is 9.48 Å². The highest BCUT2D eigenvalue weighted by Gasteiger charge is 2.51. The van der Waals surface area contributed by atoms with Crippen LogP contribution in [0.25, 0.3) is 0 Å². The van der Waals surface area contributed by atoms with Crippen LogP contribution in [-0.4, -0.2) is 52.0 Å². The summed E-state index contributed by atoms with van der Waals surface area (Å²) >= 11 is 0. The molecule has 0 saturated carbocycles. The molecule has 0 N–H and O–H groups in total. The van der Waals surface area contributed by atoms with E-state index in [1.54, 1.807) is 0 Å². The highest BCUT2D eigenvalue weighted by atomic mass is 16.7. The third-order valence-corrected chi connectivity index (χ3v) is 5.76. The van der Waals surface area contributed by atoms with Gasteiger partial charge in [-0.1, -0.05) is 0 Å². The fourth-order valence-electron chi connectivity index (χ4n) is 3.44. The van der Waals surface area contributed by atoms with E-state index in [4.69, 9.17) is 9.31 Å². The molecule has 7 heteroatoms. The van der Waals surface area contributed by atoms with Crippen molar-refractivity contribution in [3.05, 3.63) is 18.0 Å². The number of rotatable bonds is 4. The first-order valence-corrected chi connectivity index (χ1v) is 9.29. The van der Waals surface area contributed by atoms with E-state index in [9.17, 15) is 4.79 Å². The number of carbonyl (C=O) groups is 1. The molecule has 138 valence electrons. The van der Waals surface area contributed by atoms with Gasteiger partial charge in [-0.05, 0) is 66.3 Å². The van der Waals surface area contributed by atoms with Crippen LogP contribution in [0.4, 0.5) is 0 Å². The van der Waals surface area contributed by atoms with Gasteiger partial charge >= 0.3 is 7.12 Å². The summed E-state index contributed by atoms with van der Waals surface area (Å²) in [6, 6.07) is 2.07. The molecule has 0 spiro atoms. The Morgan fingerprint density at radius 1 is 1.32 bits per heavy atom. The Morgan fingerprint density at radius 2 is 1.96 bits per heavy atom. The number of nitrogens with zero attached hydrogens (tertiary/aromatic N) is 3. The topological polar surface area (TPSA) is 56.6 Å². The summed E-state index contributed by atoms with van der Waals surface area (Å²) < 4.78 is 14.0. The van der Waals surface area contributed by atoms with Crippen LogP contribution in [0.1, 0.15) is 64.5 Å². The molecule has 0 aliphatic carbocycles. The Morgan fingerprint density at radius 3 is 2.52 bits per heavy atom. The molecular formula is C18H30BN3O3. The van der Waals surface area contributed by atoms with Gasteiger partial charge in [0.1, 0.15) is 5.69 Å². The zero-order chi connectivity index (χ0) is 18.4. The van der Waals surface area contributed by atoms with Gasteiger partial charge in [-0.2, -0.15) is 5.10 Å². The number of aromatic nitrogens is 2. The van der Waals surface area contributed by atoms with Crippen molar-refractivity contribution in [2.45, 2.75) is 71.5 Å². The maximum atomic E-state index is 12.7. The largest absolute Gasteiger partial charge is 0.458 e. The third-order valence-electron chi connectivity index (χ3n) is 5.76. The van der Waals surface area contributed by atoms with Crippen molar-refractivity contribution < 1.29 is 14.1 Å². The standard InChI is InChI=1S/C18H30BN3O3/c1-13(2)22-10-8-15(20-22)16(23)21-9-7-14(12-21)11-19-24-17(3,4)18(5,6)25-19/h8,10,13-14H,7,9,11-12H2,1-6H3. The van der Waals surface area contributed by atoms with Crippen molar-refractivity contribution in [2.24, 2.45) is 5.92 Å². The van der Waals surface area contributed by atoms with Crippen molar-refractivity contribution in [3.63, 3.8) is 0 Å². The summed E-state index contributed by atoms with van der Waals surface area (Å²) in [7, 11) is -0.190. The summed E-state index contributed by atoms with van der Waals surface area (Å²) in [5.74, 6) is 0.432. The molecule has 1 atom stereocenters. The van der Waals surface area contributed by atoms with E-state index >= 15 is 0 Å². The van der Waals surface area contributed by atoms with E-state index in [-0.39, 0.29) is 30.3 Å². The monoisotopic (exact) mass is 347 g/mol. The highest BCUT2D eigenvalue weighted by molar-refractivity contribution is 6.45. The van der Waals surface area contributed by atoms with Crippen LogP contribution in [-0.2, 0) is 9.31 Å². The molecule has 6 nitrogen and oxygen atoms in total. The van der Waals surface area contributed by atoms with Gasteiger partial charge in [0, 0.05) is 25.3 Å². The number of hydrogen-bond acceptors (Lipinski definition) is 4. The van der Waals surface area contributed by atoms with E-state index in [1.807, 2.05) is 21.8 Å². The summed E-state index contributed by atoms with van der Waals surface area (Å²) in [6.07, 6.45) is 3.69. The van der Waals surface area contributed by atoms with E-state index < -0.39 is 0 Å². The summed E-state index contributed by atoms with van der Waals surface area (Å²) in [4.78, 5) is 14.6. The van der Waals surface area contributed by atoms with Crippen LogP contribution >= 0.6 is 0 Å². The van der Waals surface area contributed by atoms with Crippen LogP contribution < -0.4 is 0 Å². The van der Waals surface area contributed by atoms with Crippen LogP contribution in [0, 0.1) is 5.92 Å². The summed E-state index contributed by atoms with van der Waals surface area (Å²) in [5.41, 5.74) is -0.0600. The molecule has 2 aliphatic heterocycles. The van der Waals surface area contributed by atoms with Gasteiger partial charge in [0.05, 0.1) is 11.2 Å². The minimum Gasteiger partial charge on any atom is -0.403 e. The quantitative estimate of drug-likeness (QED) is 0.786. The van der Waals surface area contributed by atoms with Crippen molar-refractivity contribution >= 4 is 13.0 Å². The first kappa shape index (κ1) is 18.5. The first-order valence-electron chi connectivity index (χ1n) is 9.29. The molecule has 1 aromatic rings. The predicted molar refractivity (Wildman–Crippen MR) is 97.5 cm³/mol. The highest BCUT2D eigenvalue weighted by Crippen LogP contribution is 2.39. The fourth-order valence-corrected chi connectivity index (χ4v) is 3.44. The van der Waals surface area contributed by atoms with Crippen molar-refractivity contribution in [1.82, 2.24) is 14.7 Å². The number of likely N-dealkylation sites (tertiary alicyclic amines) is 1. The minimum atomic E-state index is -0.296. The lowest BCUT2D eigenvalue weighted by molar-refractivity contribution is 0.00578. The van der Waals surface area contributed by atoms with E-state index in [0.717, 1.165) is 25.8 Å². The smallest absolute Gasteiger partial charge is 0.403 e. The van der Waals surface area contributed by atoms with Gasteiger partial charge in [-0.15, -0.1) is 0 Å². The average Bonchev–Trinajstić information content (AvgIpc) is 3.17. The molecular weight excluding hydrogens is 317 g/mol. The van der Waals surface area contributed by atoms with Gasteiger partial charge in [0.15, 0.2) is 0 Å². The lowest BCUT2D eigenvalue weighted by atomic mass is 9.77. The average molecular weight is 347 g/mol. The van der Waals surface area contributed by atoms with Crippen LogP contribution in [0.3, 0.4) is 0 Å². The molecule has 2 aliphatic rings. The molecule has 2 saturated heterocycles. The van der Waals surface area contributed by atoms with Gasteiger partial charge in [0.2, 0.25) is 0 Å². The van der Waals surface area contributed by atoms with E-state index in [0.29, 0.717) is 11.6 Å². The molecule has 3 heterocycles. The minimum absolute atomic E-state index is 0.0239. The Kier molecular flexibility index (Phi) is 4.75. The second kappa shape index (κ2) is 6.43. The Balaban J connectivity index is 1.56. The van der Waals surface area contributed by atoms with Crippen molar-refractivity contribution in [3.8, 4) is 0 Å². The van der Waals surface area contributed by atoms with Crippen LogP contribution in [0.15, 0.2) is 12.3 Å². The van der Waals surface area contributed by atoms with Crippen LogP contribution in [0.2, 0.25) is 6.32 Å². The lowest BCUT2D eigenvalue weighted by Gasteiger charge is -2.32. The lowest BCUT2D eigenvalue weighted by Crippen LogP contribution is -2.41. The fraction of sp³-hybridized carbons (Fsp3) is 0.778. The number of amides is 1. The van der Waals surface area contributed by atoms with Gasteiger partial charge in [-0.25, -0.2) is 0 Å². The first-order chi connectivity index (χ1) is 11.6. The SMILES string of the molecule is CC(C)n1ccc(C(=O)N2CCC(CB3OC(C)(C)C(C)(C)O3)C2)n1. The molecule has 0 aromatic carbocycles. The molecule has 2 fully saturated rings. The summed E-state index contributed by atoms with van der Waals surface area (Å²) in [6.45, 7) is 13.9. The van der Waals surface area contributed by atoms with Gasteiger partial charge in [0.25, 0.3) is 5.91 Å². The third kappa shape index (κ3) is 3.63. The zero-order valence-electron chi connectivity index (χ0n) is 16.3. The molecule has 25 heavy (non-hydrogen) atoms. The molecule has 1 aromatic heterocycles. The normalized spacial score (nSPS) is 25.2. The van der Waals surface area contributed by atoms with Crippen molar-refractivity contribution in [1.29, 1.82) is 0 Å². The molecule has 1 amide bonds. The van der Waals surface area contributed by atoms with Crippen LogP contribution in [0.5, 0.6) is 0 Å². The molecule has 0 radical (unpaired) electrons. The van der Waals surface area contributed by atoms with Crippen molar-refractivity contribution in [2.75, 3.05) is 13.1 Å². The zero-order valence-corrected chi connectivity index (χ0v) is 16.3. The maximum absolute atomic E-state index is 12.7. The second-order valence-corrected chi connectivity index (χ2v) is 8.60. The maximum Gasteiger partial charge on any atom is 0.458 e. The Labute approximate surface area is 151 Å². The predicted octanol–water partition coefficient (Wildman–Crippen LogP) is 3.02. The number of hydrogen-bond donors (Lipinski definition) is 0. The molecule has 1 unspecified atom stereocenters. The Hall–Kier alpha value is -1.34. The molecule has 3 rings (SSSR count). The van der Waals surface area contributed by atoms with Gasteiger partial charge < -0.3 is 14.2 Å². The van der Waals surface area contributed by atoms with E-state index in [1.165, 1.54) is 0 Å². The van der Waals surface area contributed by atoms with E-state index in [2.05, 4.69) is 46.6 Å². The summed E-state index contributed by atoms with van der Waals surface area (Å²) in [5, 5.41) is 4.40. The number of carbonyl (C=O) groups excluding carboxylic acids is 1. The second-order valence-electron chi connectivity index (χ2n) is 8.60. The Bertz CT molecular complexity index is 625.